The molecule has 1 atom stereocenters. The van der Waals surface area contributed by atoms with Crippen LogP contribution in [0.3, 0.4) is 0 Å². The molecule has 0 aliphatic heterocycles. The van der Waals surface area contributed by atoms with Gasteiger partial charge in [-0.1, -0.05) is 6.07 Å². The highest BCUT2D eigenvalue weighted by Gasteiger charge is 2.27. The topological polar surface area (TPSA) is 89.1 Å². The van der Waals surface area contributed by atoms with E-state index in [0.717, 1.165) is 34.3 Å². The fourth-order valence-corrected chi connectivity index (χ4v) is 4.31. The van der Waals surface area contributed by atoms with Crippen molar-refractivity contribution in [2.45, 2.75) is 25.7 Å². The first-order valence-corrected chi connectivity index (χ1v) is 8.27. The molecule has 4 rings (SSSR count). The molecule has 1 aliphatic carbocycles. The normalized spacial score (nSPS) is 16.7. The van der Waals surface area contributed by atoms with Crippen molar-refractivity contribution < 1.29 is 9.90 Å². The number of thiophene rings is 1. The summed E-state index contributed by atoms with van der Waals surface area (Å²) in [5, 5.41) is 12.3. The van der Waals surface area contributed by atoms with E-state index in [2.05, 4.69) is 22.3 Å². The predicted octanol–water partition coefficient (Wildman–Crippen LogP) is 3.16. The van der Waals surface area contributed by atoms with Crippen molar-refractivity contribution in [2.75, 3.05) is 5.73 Å². The number of nitrogens with two attached hydrogens (primary N) is 1. The minimum atomic E-state index is -0.890. The van der Waals surface area contributed by atoms with Gasteiger partial charge in [-0.05, 0) is 54.0 Å². The van der Waals surface area contributed by atoms with Gasteiger partial charge < -0.3 is 10.8 Å². The van der Waals surface area contributed by atoms with Crippen molar-refractivity contribution in [2.24, 2.45) is 0 Å². The van der Waals surface area contributed by atoms with Gasteiger partial charge in [0.25, 0.3) is 0 Å². The highest BCUT2D eigenvalue weighted by atomic mass is 32.1. The summed E-state index contributed by atoms with van der Waals surface area (Å²) < 4.78 is 0. The van der Waals surface area contributed by atoms with Crippen LogP contribution in [-0.2, 0) is 12.8 Å². The van der Waals surface area contributed by atoms with Crippen LogP contribution in [0.2, 0.25) is 0 Å². The van der Waals surface area contributed by atoms with Crippen molar-refractivity contribution in [1.29, 1.82) is 0 Å². The van der Waals surface area contributed by atoms with Crippen molar-refractivity contribution in [3.05, 3.63) is 51.5 Å². The number of aryl methyl sites for hydroxylation is 1. The Balaban J connectivity index is 1.79. The molecule has 1 aliphatic rings. The first kappa shape index (κ1) is 14.1. The van der Waals surface area contributed by atoms with Gasteiger partial charge >= 0.3 is 5.97 Å². The van der Waals surface area contributed by atoms with Crippen LogP contribution < -0.4 is 5.73 Å². The van der Waals surface area contributed by atoms with Crippen LogP contribution in [0.5, 0.6) is 0 Å². The first-order valence-electron chi connectivity index (χ1n) is 7.39. The number of hydrogen-bond acceptors (Lipinski definition) is 5. The van der Waals surface area contributed by atoms with Gasteiger partial charge in [0.2, 0.25) is 5.95 Å². The number of anilines is 1. The van der Waals surface area contributed by atoms with E-state index in [9.17, 15) is 4.79 Å². The summed E-state index contributed by atoms with van der Waals surface area (Å²) in [6.45, 7) is 2.06. The Morgan fingerprint density at radius 1 is 1.30 bits per heavy atom. The Morgan fingerprint density at radius 3 is 2.87 bits per heavy atom. The molecule has 0 saturated heterocycles. The molecule has 0 bridgehead atoms. The molecule has 2 aromatic heterocycles. The Kier molecular flexibility index (Phi) is 3.09. The molecule has 1 unspecified atom stereocenters. The molecule has 0 radical (unpaired) electrons. The Bertz CT molecular complexity index is 948. The van der Waals surface area contributed by atoms with E-state index in [4.69, 9.17) is 10.8 Å². The van der Waals surface area contributed by atoms with Gasteiger partial charge in [-0.15, -0.1) is 11.3 Å². The smallest absolute Gasteiger partial charge is 0.335 e. The van der Waals surface area contributed by atoms with Crippen LogP contribution in [0, 0.1) is 6.92 Å². The predicted molar refractivity (Wildman–Crippen MR) is 90.1 cm³/mol. The minimum absolute atomic E-state index is 0.218. The standard InChI is InChI=1S/C17H15N3O2S/c1-8-7-23-15-13(8)14(19-17(18)20-15)12-4-9-2-3-10(16(21)22)5-11(9)6-12/h2-3,5,7,12H,4,6H2,1H3,(H,21,22)(H2,18,19,20). The van der Waals surface area contributed by atoms with E-state index in [1.54, 1.807) is 23.5 Å². The molecule has 0 saturated carbocycles. The summed E-state index contributed by atoms with van der Waals surface area (Å²) in [6.07, 6.45) is 1.65. The summed E-state index contributed by atoms with van der Waals surface area (Å²) in [5.74, 6) is -0.370. The molecule has 2 heterocycles. The molecule has 116 valence electrons. The zero-order valence-electron chi connectivity index (χ0n) is 12.5. The van der Waals surface area contributed by atoms with Gasteiger partial charge in [-0.25, -0.2) is 14.8 Å². The number of benzene rings is 1. The number of nitrogen functional groups attached to an aromatic ring is 1. The maximum absolute atomic E-state index is 11.1. The molecule has 5 nitrogen and oxygen atoms in total. The number of hydrogen-bond donors (Lipinski definition) is 2. The molecule has 6 heteroatoms. The molecule has 0 fully saturated rings. The zero-order chi connectivity index (χ0) is 16.1. The molecule has 23 heavy (non-hydrogen) atoms. The number of aromatic carboxylic acids is 1. The molecular formula is C17H15N3O2S. The van der Waals surface area contributed by atoms with Gasteiger partial charge in [0.1, 0.15) is 4.83 Å². The second kappa shape index (κ2) is 5.03. The number of nitrogens with zero attached hydrogens (tertiary/aromatic N) is 2. The maximum atomic E-state index is 11.1. The largest absolute Gasteiger partial charge is 0.478 e. The lowest BCUT2D eigenvalue weighted by molar-refractivity contribution is 0.0697. The van der Waals surface area contributed by atoms with Crippen molar-refractivity contribution in [3.8, 4) is 0 Å². The van der Waals surface area contributed by atoms with Crippen LogP contribution >= 0.6 is 11.3 Å². The Hall–Kier alpha value is -2.47. The third-order valence-corrected chi connectivity index (χ3v) is 5.43. The number of fused-ring (bicyclic) bond motifs is 2. The number of aromatic nitrogens is 2. The van der Waals surface area contributed by atoms with Gasteiger partial charge in [0.05, 0.1) is 11.3 Å². The van der Waals surface area contributed by atoms with Crippen molar-refractivity contribution in [1.82, 2.24) is 9.97 Å². The Morgan fingerprint density at radius 2 is 2.09 bits per heavy atom. The highest BCUT2D eigenvalue weighted by Crippen LogP contribution is 2.38. The van der Waals surface area contributed by atoms with E-state index in [1.807, 2.05) is 6.07 Å². The van der Waals surface area contributed by atoms with Crippen LogP contribution in [0.25, 0.3) is 10.2 Å². The third-order valence-electron chi connectivity index (χ3n) is 4.44. The van der Waals surface area contributed by atoms with E-state index in [-0.39, 0.29) is 5.92 Å². The quantitative estimate of drug-likeness (QED) is 0.755. The summed E-state index contributed by atoms with van der Waals surface area (Å²) in [7, 11) is 0. The summed E-state index contributed by atoms with van der Waals surface area (Å²) in [4.78, 5) is 20.9. The summed E-state index contributed by atoms with van der Waals surface area (Å²) in [6, 6.07) is 5.37. The highest BCUT2D eigenvalue weighted by molar-refractivity contribution is 7.17. The number of carbonyl (C=O) groups is 1. The molecule has 0 amide bonds. The average molecular weight is 325 g/mol. The monoisotopic (exact) mass is 325 g/mol. The average Bonchev–Trinajstić information content (AvgIpc) is 3.09. The lowest BCUT2D eigenvalue weighted by Gasteiger charge is -2.11. The van der Waals surface area contributed by atoms with Gasteiger partial charge in [0, 0.05) is 11.3 Å². The molecule has 0 spiro atoms. The molecule has 3 N–H and O–H groups in total. The van der Waals surface area contributed by atoms with Crippen molar-refractivity contribution in [3.63, 3.8) is 0 Å². The van der Waals surface area contributed by atoms with Crippen LogP contribution in [-0.4, -0.2) is 21.0 Å². The fourth-order valence-electron chi connectivity index (χ4n) is 3.37. The van der Waals surface area contributed by atoms with E-state index < -0.39 is 5.97 Å². The van der Waals surface area contributed by atoms with E-state index >= 15 is 0 Å². The van der Waals surface area contributed by atoms with E-state index in [1.165, 1.54) is 11.1 Å². The SMILES string of the molecule is Cc1csc2nc(N)nc(C3Cc4ccc(C(=O)O)cc4C3)c12. The second-order valence-corrected chi connectivity index (χ2v) is 6.82. The van der Waals surface area contributed by atoms with Gasteiger partial charge in [-0.3, -0.25) is 0 Å². The molecular weight excluding hydrogens is 310 g/mol. The lowest BCUT2D eigenvalue weighted by Crippen LogP contribution is -2.06. The second-order valence-electron chi connectivity index (χ2n) is 5.96. The van der Waals surface area contributed by atoms with Crippen molar-refractivity contribution >= 4 is 33.5 Å². The van der Waals surface area contributed by atoms with Crippen LogP contribution in [0.15, 0.2) is 23.6 Å². The van der Waals surface area contributed by atoms with Crippen LogP contribution in [0.1, 0.15) is 38.7 Å². The van der Waals surface area contributed by atoms with E-state index in [0.29, 0.717) is 11.5 Å². The van der Waals surface area contributed by atoms with Gasteiger partial charge in [0.15, 0.2) is 0 Å². The van der Waals surface area contributed by atoms with Crippen LogP contribution in [0.4, 0.5) is 5.95 Å². The molecule has 1 aromatic carbocycles. The fraction of sp³-hybridized carbons (Fsp3) is 0.235. The minimum Gasteiger partial charge on any atom is -0.478 e. The number of rotatable bonds is 2. The summed E-state index contributed by atoms with van der Waals surface area (Å²) >= 11 is 1.58. The van der Waals surface area contributed by atoms with Gasteiger partial charge in [-0.2, -0.15) is 0 Å². The number of carboxylic acid groups (broad SMARTS) is 1. The maximum Gasteiger partial charge on any atom is 0.335 e. The lowest BCUT2D eigenvalue weighted by atomic mass is 9.98. The first-order chi connectivity index (χ1) is 11.0. The Labute approximate surface area is 136 Å². The summed E-state index contributed by atoms with van der Waals surface area (Å²) in [5.41, 5.74) is 10.7. The molecule has 3 aromatic rings. The zero-order valence-corrected chi connectivity index (χ0v) is 13.4. The number of carboxylic acids is 1. The third kappa shape index (κ3) is 2.26.